The van der Waals surface area contributed by atoms with Gasteiger partial charge < -0.3 is 24.2 Å². The van der Waals surface area contributed by atoms with E-state index in [1.807, 2.05) is 14.1 Å². The molecule has 0 fully saturated rings. The maximum absolute atomic E-state index is 6.28. The molecule has 0 amide bonds. The number of benzene rings is 2. The van der Waals surface area contributed by atoms with Gasteiger partial charge in [-0.1, -0.05) is 23.2 Å². The zero-order chi connectivity index (χ0) is 22.0. The van der Waals surface area contributed by atoms with Gasteiger partial charge in [0.25, 0.3) is 11.8 Å². The van der Waals surface area contributed by atoms with Crippen molar-refractivity contribution in [1.82, 2.24) is 20.1 Å². The van der Waals surface area contributed by atoms with E-state index in [-0.39, 0.29) is 6.61 Å². The molecule has 0 saturated carbocycles. The molecular weight excluding hydrogens is 443 g/mol. The second-order valence-electron chi connectivity index (χ2n) is 6.66. The molecule has 0 aliphatic heterocycles. The minimum Gasteiger partial charge on any atom is -0.493 e. The first kappa shape index (κ1) is 21.0. The number of methoxy groups -OCH3 is 1. The molecule has 0 unspecified atom stereocenters. The van der Waals surface area contributed by atoms with Gasteiger partial charge in [0, 0.05) is 30.6 Å². The molecule has 0 saturated heterocycles. The van der Waals surface area contributed by atoms with E-state index < -0.39 is 0 Å². The van der Waals surface area contributed by atoms with Gasteiger partial charge in [0.1, 0.15) is 12.1 Å². The summed E-state index contributed by atoms with van der Waals surface area (Å²) in [4.78, 5) is 14.7. The Morgan fingerprint density at radius 3 is 2.65 bits per heavy atom. The topological polar surface area (TPSA) is 98.4 Å². The Bertz CT molecular complexity index is 1230. The predicted molar refractivity (Wildman–Crippen MR) is 119 cm³/mol. The average molecular weight is 461 g/mol. The van der Waals surface area contributed by atoms with Crippen molar-refractivity contribution in [3.63, 3.8) is 0 Å². The van der Waals surface area contributed by atoms with E-state index in [1.54, 1.807) is 42.3 Å². The van der Waals surface area contributed by atoms with Crippen LogP contribution < -0.4 is 19.7 Å². The molecule has 4 rings (SSSR count). The van der Waals surface area contributed by atoms with Crippen molar-refractivity contribution in [3.8, 4) is 11.5 Å². The van der Waals surface area contributed by atoms with Gasteiger partial charge in [-0.25, -0.2) is 9.97 Å². The molecule has 0 aliphatic rings. The van der Waals surface area contributed by atoms with Crippen LogP contribution in [0.1, 0.15) is 5.89 Å². The molecule has 0 bridgehead atoms. The number of ether oxygens (including phenoxy) is 2. The van der Waals surface area contributed by atoms with Gasteiger partial charge in [0.15, 0.2) is 18.1 Å². The fraction of sp³-hybridized carbons (Fsp3) is 0.200. The predicted octanol–water partition coefficient (Wildman–Crippen LogP) is 4.72. The van der Waals surface area contributed by atoms with Crippen LogP contribution in [0.4, 0.5) is 17.5 Å². The second kappa shape index (κ2) is 8.83. The van der Waals surface area contributed by atoms with Crippen molar-refractivity contribution in [2.45, 2.75) is 6.61 Å². The summed E-state index contributed by atoms with van der Waals surface area (Å²) >= 11 is 12.3. The van der Waals surface area contributed by atoms with Crippen LogP contribution in [0.3, 0.4) is 0 Å². The number of anilines is 3. The third kappa shape index (κ3) is 4.57. The van der Waals surface area contributed by atoms with Gasteiger partial charge in [0.05, 0.1) is 23.3 Å². The van der Waals surface area contributed by atoms with E-state index >= 15 is 0 Å². The molecule has 11 heteroatoms. The fourth-order valence-corrected chi connectivity index (χ4v) is 3.24. The Labute approximate surface area is 187 Å². The smallest absolute Gasteiger partial charge is 0.266 e. The summed E-state index contributed by atoms with van der Waals surface area (Å²) in [6.45, 7) is 0.0826. The third-order valence-corrected chi connectivity index (χ3v) is 4.86. The minimum atomic E-state index is 0.0826. The number of nitrogens with one attached hydrogen (secondary N) is 1. The number of hydrogen-bond acceptors (Lipinski definition) is 9. The zero-order valence-electron chi connectivity index (χ0n) is 16.9. The summed E-state index contributed by atoms with van der Waals surface area (Å²) in [5.74, 6) is 2.35. The van der Waals surface area contributed by atoms with E-state index in [2.05, 4.69) is 25.4 Å². The largest absolute Gasteiger partial charge is 0.493 e. The Balaban J connectivity index is 1.63. The van der Waals surface area contributed by atoms with Crippen LogP contribution in [-0.2, 0) is 6.61 Å². The van der Waals surface area contributed by atoms with Crippen LogP contribution in [0, 0.1) is 0 Å². The van der Waals surface area contributed by atoms with Crippen LogP contribution >= 0.6 is 23.2 Å². The van der Waals surface area contributed by atoms with E-state index in [4.69, 9.17) is 37.2 Å². The van der Waals surface area contributed by atoms with Gasteiger partial charge in [-0.05, 0) is 29.4 Å². The van der Waals surface area contributed by atoms with Crippen LogP contribution in [-0.4, -0.2) is 41.3 Å². The SMILES string of the molecule is COc1cc2c(Nc3ccc(Cl)cc3Cl)ncnc2cc1OCc1nc(N(C)C)no1. The number of nitrogens with zero attached hydrogens (tertiary/aromatic N) is 5. The van der Waals surface area contributed by atoms with Crippen molar-refractivity contribution in [1.29, 1.82) is 0 Å². The monoisotopic (exact) mass is 460 g/mol. The lowest BCUT2D eigenvalue weighted by Gasteiger charge is -2.13. The Hall–Kier alpha value is -3.30. The molecule has 1 N–H and O–H groups in total. The van der Waals surface area contributed by atoms with Gasteiger partial charge in [-0.15, -0.1) is 0 Å². The summed E-state index contributed by atoms with van der Waals surface area (Å²) in [5.41, 5.74) is 1.32. The number of fused-ring (bicyclic) bond motifs is 1. The summed E-state index contributed by atoms with van der Waals surface area (Å²) in [7, 11) is 5.20. The molecule has 31 heavy (non-hydrogen) atoms. The lowest BCUT2D eigenvalue weighted by Crippen LogP contribution is -2.10. The first-order valence-electron chi connectivity index (χ1n) is 9.12. The van der Waals surface area contributed by atoms with E-state index in [0.717, 1.165) is 5.39 Å². The molecule has 160 valence electrons. The third-order valence-electron chi connectivity index (χ3n) is 4.31. The standard InChI is InChI=1S/C20H18Cl2N6O3/c1-28(2)20-26-18(31-27-20)9-30-17-8-15-12(7-16(17)29-3)19(24-10-23-15)25-14-5-4-11(21)6-13(14)22/h4-8,10H,9H2,1-3H3,(H,23,24,25). The Morgan fingerprint density at radius 2 is 1.94 bits per heavy atom. The molecular formula is C20H18Cl2N6O3. The number of aromatic nitrogens is 4. The van der Waals surface area contributed by atoms with Gasteiger partial charge >= 0.3 is 0 Å². The van der Waals surface area contributed by atoms with E-state index in [9.17, 15) is 0 Å². The summed E-state index contributed by atoms with van der Waals surface area (Å²) in [6, 6.07) is 8.72. The average Bonchev–Trinajstić information content (AvgIpc) is 3.23. The van der Waals surface area contributed by atoms with Crippen molar-refractivity contribution >= 4 is 51.6 Å². The Kier molecular flexibility index (Phi) is 5.97. The summed E-state index contributed by atoms with van der Waals surface area (Å²) < 4.78 is 16.5. The summed E-state index contributed by atoms with van der Waals surface area (Å²) in [5, 5.41) is 8.82. The molecule has 0 atom stereocenters. The van der Waals surface area contributed by atoms with Crippen LogP contribution in [0.25, 0.3) is 10.9 Å². The highest BCUT2D eigenvalue weighted by molar-refractivity contribution is 6.36. The van der Waals surface area contributed by atoms with Gasteiger partial charge in [-0.3, -0.25) is 0 Å². The molecule has 2 heterocycles. The van der Waals surface area contributed by atoms with Crippen LogP contribution in [0.2, 0.25) is 10.0 Å². The van der Waals surface area contributed by atoms with Gasteiger partial charge in [-0.2, -0.15) is 4.98 Å². The number of rotatable bonds is 7. The summed E-state index contributed by atoms with van der Waals surface area (Å²) in [6.07, 6.45) is 1.45. The Morgan fingerprint density at radius 1 is 1.10 bits per heavy atom. The number of hydrogen-bond donors (Lipinski definition) is 1. The fourth-order valence-electron chi connectivity index (χ4n) is 2.78. The van der Waals surface area contributed by atoms with Crippen LogP contribution in [0.5, 0.6) is 11.5 Å². The minimum absolute atomic E-state index is 0.0826. The zero-order valence-corrected chi connectivity index (χ0v) is 18.4. The molecule has 0 spiro atoms. The molecule has 0 aliphatic carbocycles. The highest BCUT2D eigenvalue weighted by Gasteiger charge is 2.15. The highest BCUT2D eigenvalue weighted by atomic mass is 35.5. The molecule has 9 nitrogen and oxygen atoms in total. The van der Waals surface area contributed by atoms with Gasteiger partial charge in [0.2, 0.25) is 0 Å². The van der Waals surface area contributed by atoms with Crippen molar-refractivity contribution in [2.75, 3.05) is 31.4 Å². The maximum Gasteiger partial charge on any atom is 0.266 e. The van der Waals surface area contributed by atoms with E-state index in [1.165, 1.54) is 6.33 Å². The maximum atomic E-state index is 6.28. The van der Waals surface area contributed by atoms with Crippen molar-refractivity contribution in [3.05, 3.63) is 52.6 Å². The lowest BCUT2D eigenvalue weighted by molar-refractivity contribution is 0.234. The molecule has 0 radical (unpaired) electrons. The molecule has 2 aromatic heterocycles. The number of halogens is 2. The second-order valence-corrected chi connectivity index (χ2v) is 7.51. The van der Waals surface area contributed by atoms with E-state index in [0.29, 0.717) is 50.4 Å². The highest BCUT2D eigenvalue weighted by Crippen LogP contribution is 2.36. The van der Waals surface area contributed by atoms with Crippen LogP contribution in [0.15, 0.2) is 41.2 Å². The molecule has 2 aromatic carbocycles. The van der Waals surface area contributed by atoms with Crippen molar-refractivity contribution < 1.29 is 14.0 Å². The normalized spacial score (nSPS) is 10.9. The first-order valence-corrected chi connectivity index (χ1v) is 9.87. The van der Waals surface area contributed by atoms with Crippen molar-refractivity contribution in [2.24, 2.45) is 0 Å². The lowest BCUT2D eigenvalue weighted by atomic mass is 10.2. The quantitative estimate of drug-likeness (QED) is 0.419. The molecule has 4 aromatic rings. The first-order chi connectivity index (χ1) is 14.9.